The van der Waals surface area contributed by atoms with E-state index < -0.39 is 0 Å². The molecule has 2 rings (SSSR count). The van der Waals surface area contributed by atoms with Gasteiger partial charge in [-0.05, 0) is 31.7 Å². The fourth-order valence-corrected chi connectivity index (χ4v) is 3.02. The molecule has 1 heterocycles. The van der Waals surface area contributed by atoms with E-state index in [1.807, 2.05) is 17.9 Å². The molecule has 1 aromatic carbocycles. The first kappa shape index (κ1) is 17.3. The lowest BCUT2D eigenvalue weighted by molar-refractivity contribution is -0.128. The number of aryl methyl sites for hydroxylation is 1. The van der Waals surface area contributed by atoms with Gasteiger partial charge in [-0.3, -0.25) is 9.59 Å². The highest BCUT2D eigenvalue weighted by Crippen LogP contribution is 2.33. The molecule has 0 aromatic heterocycles. The summed E-state index contributed by atoms with van der Waals surface area (Å²) in [6.45, 7) is 9.05. The van der Waals surface area contributed by atoms with E-state index in [0.717, 1.165) is 19.4 Å². The second-order valence-corrected chi connectivity index (χ2v) is 6.13. The van der Waals surface area contributed by atoms with Gasteiger partial charge in [0.1, 0.15) is 0 Å². The van der Waals surface area contributed by atoms with Crippen LogP contribution in [-0.4, -0.2) is 29.8 Å². The summed E-state index contributed by atoms with van der Waals surface area (Å²) in [4.78, 5) is 25.9. The SMILES string of the molecule is C=C(CCNC(=O)CC)C(=O)N1CCCC1c1cccc(C)c1. The second kappa shape index (κ2) is 7.95. The molecule has 0 saturated carbocycles. The van der Waals surface area contributed by atoms with Gasteiger partial charge >= 0.3 is 0 Å². The van der Waals surface area contributed by atoms with Gasteiger partial charge in [-0.15, -0.1) is 0 Å². The first-order valence-corrected chi connectivity index (χ1v) is 8.35. The summed E-state index contributed by atoms with van der Waals surface area (Å²) in [6.07, 6.45) is 2.98. The molecule has 4 nitrogen and oxygen atoms in total. The van der Waals surface area contributed by atoms with Crippen LogP contribution in [0.5, 0.6) is 0 Å². The number of carbonyl (C=O) groups is 2. The quantitative estimate of drug-likeness (QED) is 0.820. The van der Waals surface area contributed by atoms with Gasteiger partial charge in [0.25, 0.3) is 0 Å². The van der Waals surface area contributed by atoms with Crippen molar-refractivity contribution in [3.8, 4) is 0 Å². The number of hydrogen-bond donors (Lipinski definition) is 1. The third-order valence-electron chi connectivity index (χ3n) is 4.31. The molecule has 1 fully saturated rings. The molecule has 0 bridgehead atoms. The number of likely N-dealkylation sites (tertiary alicyclic amines) is 1. The molecule has 1 aliphatic heterocycles. The minimum absolute atomic E-state index is 0.00376. The zero-order valence-electron chi connectivity index (χ0n) is 14.1. The van der Waals surface area contributed by atoms with E-state index in [-0.39, 0.29) is 17.9 Å². The second-order valence-electron chi connectivity index (χ2n) is 6.13. The Labute approximate surface area is 138 Å². The van der Waals surface area contributed by atoms with E-state index in [9.17, 15) is 9.59 Å². The molecule has 1 aliphatic rings. The molecule has 1 N–H and O–H groups in total. The van der Waals surface area contributed by atoms with Gasteiger partial charge in [0, 0.05) is 25.1 Å². The first-order valence-electron chi connectivity index (χ1n) is 8.35. The molecule has 0 radical (unpaired) electrons. The van der Waals surface area contributed by atoms with Crippen molar-refractivity contribution in [1.29, 1.82) is 0 Å². The van der Waals surface area contributed by atoms with Crippen LogP contribution in [-0.2, 0) is 9.59 Å². The Bertz CT molecular complexity index is 595. The van der Waals surface area contributed by atoms with Crippen molar-refractivity contribution in [1.82, 2.24) is 10.2 Å². The third kappa shape index (κ3) is 4.44. The molecular formula is C19H26N2O2. The topological polar surface area (TPSA) is 49.4 Å². The van der Waals surface area contributed by atoms with Crippen molar-refractivity contribution < 1.29 is 9.59 Å². The fraction of sp³-hybridized carbons (Fsp3) is 0.474. The maximum Gasteiger partial charge on any atom is 0.249 e. The summed E-state index contributed by atoms with van der Waals surface area (Å²) in [5.41, 5.74) is 2.98. The van der Waals surface area contributed by atoms with E-state index in [0.29, 0.717) is 25.0 Å². The summed E-state index contributed by atoms with van der Waals surface area (Å²) < 4.78 is 0. The predicted molar refractivity (Wildman–Crippen MR) is 91.9 cm³/mol. The zero-order valence-corrected chi connectivity index (χ0v) is 14.1. The van der Waals surface area contributed by atoms with Crippen molar-refractivity contribution in [2.75, 3.05) is 13.1 Å². The Balaban J connectivity index is 1.97. The van der Waals surface area contributed by atoms with E-state index in [1.54, 1.807) is 0 Å². The summed E-state index contributed by atoms with van der Waals surface area (Å²) in [5.74, 6) is 0.0174. The van der Waals surface area contributed by atoms with Gasteiger partial charge in [-0.2, -0.15) is 0 Å². The van der Waals surface area contributed by atoms with Crippen LogP contribution < -0.4 is 5.32 Å². The average molecular weight is 314 g/mol. The minimum atomic E-state index is 0.00376. The Morgan fingerprint density at radius 3 is 2.87 bits per heavy atom. The molecule has 1 aromatic rings. The van der Waals surface area contributed by atoms with Crippen molar-refractivity contribution in [3.05, 3.63) is 47.5 Å². The van der Waals surface area contributed by atoms with Crippen LogP contribution in [0.1, 0.15) is 49.8 Å². The molecule has 0 aliphatic carbocycles. The standard InChI is InChI=1S/C19H26N2O2/c1-4-18(22)20-11-10-15(3)19(23)21-12-6-9-17(21)16-8-5-7-14(2)13-16/h5,7-8,13,17H,3-4,6,9-12H2,1-2H3,(H,20,22). The summed E-state index contributed by atoms with van der Waals surface area (Å²) >= 11 is 0. The van der Waals surface area contributed by atoms with Crippen molar-refractivity contribution in [2.45, 2.75) is 45.6 Å². The molecule has 4 heteroatoms. The first-order chi connectivity index (χ1) is 11.0. The summed E-state index contributed by atoms with van der Waals surface area (Å²) in [6, 6.07) is 8.50. The third-order valence-corrected chi connectivity index (χ3v) is 4.31. The lowest BCUT2D eigenvalue weighted by Gasteiger charge is -2.26. The van der Waals surface area contributed by atoms with E-state index in [4.69, 9.17) is 0 Å². The van der Waals surface area contributed by atoms with Gasteiger partial charge < -0.3 is 10.2 Å². The summed E-state index contributed by atoms with van der Waals surface area (Å²) in [7, 11) is 0. The van der Waals surface area contributed by atoms with Crippen molar-refractivity contribution >= 4 is 11.8 Å². The van der Waals surface area contributed by atoms with E-state index >= 15 is 0 Å². The van der Waals surface area contributed by atoms with Gasteiger partial charge in [-0.25, -0.2) is 0 Å². The van der Waals surface area contributed by atoms with Crippen LogP contribution in [0.4, 0.5) is 0 Å². The number of amides is 2. The average Bonchev–Trinajstić information content (AvgIpc) is 3.03. The lowest BCUT2D eigenvalue weighted by atomic mass is 10.0. The number of rotatable bonds is 6. The predicted octanol–water partition coefficient (Wildman–Crippen LogP) is 3.13. The van der Waals surface area contributed by atoms with Crippen LogP contribution in [0.3, 0.4) is 0 Å². The fourth-order valence-electron chi connectivity index (χ4n) is 3.02. The molecular weight excluding hydrogens is 288 g/mol. The molecule has 1 unspecified atom stereocenters. The van der Waals surface area contributed by atoms with E-state index in [1.165, 1.54) is 11.1 Å². The summed E-state index contributed by atoms with van der Waals surface area (Å²) in [5, 5.41) is 2.79. The Morgan fingerprint density at radius 1 is 1.39 bits per heavy atom. The van der Waals surface area contributed by atoms with Crippen LogP contribution in [0.2, 0.25) is 0 Å². The molecule has 124 valence electrons. The van der Waals surface area contributed by atoms with Crippen LogP contribution in [0, 0.1) is 6.92 Å². The highest BCUT2D eigenvalue weighted by molar-refractivity contribution is 5.93. The normalized spacial score (nSPS) is 17.1. The van der Waals surface area contributed by atoms with Gasteiger partial charge in [0.05, 0.1) is 6.04 Å². The monoisotopic (exact) mass is 314 g/mol. The van der Waals surface area contributed by atoms with E-state index in [2.05, 4.69) is 37.0 Å². The van der Waals surface area contributed by atoms with Crippen LogP contribution in [0.25, 0.3) is 0 Å². The minimum Gasteiger partial charge on any atom is -0.356 e. The smallest absolute Gasteiger partial charge is 0.249 e. The van der Waals surface area contributed by atoms with Gasteiger partial charge in [0.2, 0.25) is 11.8 Å². The number of nitrogens with zero attached hydrogens (tertiary/aromatic N) is 1. The maximum absolute atomic E-state index is 12.7. The molecule has 0 spiro atoms. The number of hydrogen-bond acceptors (Lipinski definition) is 2. The molecule has 2 amide bonds. The highest BCUT2D eigenvalue weighted by atomic mass is 16.2. The largest absolute Gasteiger partial charge is 0.356 e. The molecule has 1 atom stereocenters. The number of carbonyl (C=O) groups excluding carboxylic acids is 2. The molecule has 23 heavy (non-hydrogen) atoms. The lowest BCUT2D eigenvalue weighted by Crippen LogP contribution is -2.33. The van der Waals surface area contributed by atoms with Gasteiger partial charge in [0.15, 0.2) is 0 Å². The van der Waals surface area contributed by atoms with Crippen molar-refractivity contribution in [3.63, 3.8) is 0 Å². The van der Waals surface area contributed by atoms with Crippen molar-refractivity contribution in [2.24, 2.45) is 0 Å². The van der Waals surface area contributed by atoms with Crippen LogP contribution >= 0.6 is 0 Å². The molecule has 1 saturated heterocycles. The highest BCUT2D eigenvalue weighted by Gasteiger charge is 2.30. The Morgan fingerprint density at radius 2 is 2.17 bits per heavy atom. The van der Waals surface area contributed by atoms with Crippen LogP contribution in [0.15, 0.2) is 36.4 Å². The Kier molecular flexibility index (Phi) is 5.97. The Hall–Kier alpha value is -2.10. The van der Waals surface area contributed by atoms with Gasteiger partial charge in [-0.1, -0.05) is 43.3 Å². The number of benzene rings is 1. The maximum atomic E-state index is 12.7. The number of nitrogens with one attached hydrogen (secondary N) is 1. The zero-order chi connectivity index (χ0) is 16.8.